The minimum atomic E-state index is -1.41. The minimum Gasteiger partial charge on any atom is -0.477 e. The van der Waals surface area contributed by atoms with Gasteiger partial charge in [0.15, 0.2) is 18.3 Å². The predicted molar refractivity (Wildman–Crippen MR) is 143 cm³/mol. The van der Waals surface area contributed by atoms with E-state index < -0.39 is 66.2 Å². The molecular formula is C25H38N6O11. The van der Waals surface area contributed by atoms with Crippen LogP contribution in [0.15, 0.2) is 16.9 Å². The summed E-state index contributed by atoms with van der Waals surface area (Å²) in [4.78, 5) is 63.1. The molecule has 0 saturated carbocycles. The van der Waals surface area contributed by atoms with Gasteiger partial charge in [-0.3, -0.25) is 4.79 Å². The van der Waals surface area contributed by atoms with Gasteiger partial charge in [-0.05, 0) is 45.2 Å². The van der Waals surface area contributed by atoms with Crippen LogP contribution >= 0.6 is 0 Å². The molecule has 0 spiro atoms. The number of nitrogens with zero attached hydrogens (tertiary/aromatic N) is 3. The molecule has 1 fully saturated rings. The van der Waals surface area contributed by atoms with Crippen LogP contribution in [0, 0.1) is 0 Å². The van der Waals surface area contributed by atoms with E-state index in [0.29, 0.717) is 19.4 Å². The number of amides is 3. The normalized spacial score (nSPS) is 22.0. The van der Waals surface area contributed by atoms with Crippen molar-refractivity contribution in [3.8, 4) is 0 Å². The van der Waals surface area contributed by atoms with Gasteiger partial charge in [0.2, 0.25) is 11.7 Å². The first-order valence-corrected chi connectivity index (χ1v) is 13.4. The zero-order chi connectivity index (χ0) is 31.3. The van der Waals surface area contributed by atoms with Gasteiger partial charge in [-0.15, -0.1) is 0 Å². The summed E-state index contributed by atoms with van der Waals surface area (Å²) in [6.45, 7) is 6.91. The van der Waals surface area contributed by atoms with Gasteiger partial charge in [0.05, 0.1) is 19.2 Å². The van der Waals surface area contributed by atoms with Gasteiger partial charge in [0.1, 0.15) is 12.2 Å². The molecule has 0 radical (unpaired) electrons. The van der Waals surface area contributed by atoms with Crippen LogP contribution in [0.2, 0.25) is 0 Å². The van der Waals surface area contributed by atoms with E-state index in [1.54, 1.807) is 20.8 Å². The van der Waals surface area contributed by atoms with Crippen molar-refractivity contribution >= 4 is 30.2 Å². The lowest BCUT2D eigenvalue weighted by molar-refractivity contribution is -0.147. The summed E-state index contributed by atoms with van der Waals surface area (Å²) in [5.41, 5.74) is 8.50. The molecule has 0 aliphatic carbocycles. The van der Waals surface area contributed by atoms with Crippen molar-refractivity contribution in [1.82, 2.24) is 16.0 Å². The van der Waals surface area contributed by atoms with Crippen LogP contribution in [-0.2, 0) is 38.0 Å². The second kappa shape index (κ2) is 16.1. The fourth-order valence-corrected chi connectivity index (χ4v) is 4.09. The summed E-state index contributed by atoms with van der Waals surface area (Å²) in [7, 11) is 1.11. The maximum Gasteiger partial charge on any atom is 0.508 e. The number of nitrogens with one attached hydrogen (secondary N) is 3. The number of carbonyl (C=O) groups is 5. The Bertz CT molecular complexity index is 1070. The molecule has 0 aromatic rings. The Balaban J connectivity index is 2.01. The van der Waals surface area contributed by atoms with Crippen LogP contribution in [0.1, 0.15) is 53.4 Å². The number of azide groups is 1. The van der Waals surface area contributed by atoms with Crippen molar-refractivity contribution in [3.05, 3.63) is 22.3 Å². The Labute approximate surface area is 242 Å². The third-order valence-electron chi connectivity index (χ3n) is 5.84. The largest absolute Gasteiger partial charge is 0.508 e. The highest BCUT2D eigenvalue weighted by Gasteiger charge is 2.49. The van der Waals surface area contributed by atoms with Gasteiger partial charge >= 0.3 is 24.3 Å². The standard InChI is InChI=1S/C25H38N6O11/c1-14(32)29-18-15(30-31-26)12-16(21(33)37-5)39-20(18)19(17-13-38-24(36)40-17)41-22(34)27-10-8-6-7-9-11-28-23(35)42-25(2,3)4/h12,15,17-20H,6-11,13H2,1-5H3,(H,27,34)(H,28,35)(H,29,32)/t15-,17+,18+,19+,20+/m0/s1. The SMILES string of the molecule is COC(=O)C1=C[C@H](N=[N+]=[N-])[C@@H](NC(C)=O)[C@H]([C@H](OC(=O)NCCCCCCNC(=O)OC(C)(C)C)[C@H]2COC(=O)O2)O1. The number of hydrogen-bond acceptors (Lipinski definition) is 12. The second-order valence-corrected chi connectivity index (χ2v) is 10.4. The molecule has 1 saturated heterocycles. The lowest BCUT2D eigenvalue weighted by Gasteiger charge is -2.39. The molecule has 0 aromatic carbocycles. The number of methoxy groups -OCH3 is 1. The molecule has 0 bridgehead atoms. The monoisotopic (exact) mass is 598 g/mol. The molecular weight excluding hydrogens is 560 g/mol. The number of unbranched alkanes of at least 4 members (excludes halogenated alkanes) is 3. The van der Waals surface area contributed by atoms with Crippen LogP contribution in [0.25, 0.3) is 10.4 Å². The van der Waals surface area contributed by atoms with Crippen LogP contribution in [-0.4, -0.2) is 93.0 Å². The van der Waals surface area contributed by atoms with Gasteiger partial charge in [0, 0.05) is 24.9 Å². The molecule has 0 unspecified atom stereocenters. The topological polar surface area (TPSA) is 226 Å². The maximum absolute atomic E-state index is 12.8. The molecule has 3 amide bonds. The van der Waals surface area contributed by atoms with Gasteiger partial charge in [-0.2, -0.15) is 0 Å². The average molecular weight is 599 g/mol. The van der Waals surface area contributed by atoms with Gasteiger partial charge in [0.25, 0.3) is 0 Å². The first-order chi connectivity index (χ1) is 19.8. The van der Waals surface area contributed by atoms with Crippen molar-refractivity contribution in [2.75, 3.05) is 26.8 Å². The summed E-state index contributed by atoms with van der Waals surface area (Å²) in [5.74, 6) is -1.81. The third kappa shape index (κ3) is 11.2. The van der Waals surface area contributed by atoms with Crippen molar-refractivity contribution < 1.29 is 52.4 Å². The molecule has 234 valence electrons. The Kier molecular flexibility index (Phi) is 13.0. The number of rotatable bonds is 13. The molecule has 2 aliphatic heterocycles. The molecule has 5 atom stereocenters. The van der Waals surface area contributed by atoms with Crippen molar-refractivity contribution in [2.45, 2.75) is 89.4 Å². The number of carbonyl (C=O) groups excluding carboxylic acids is 5. The minimum absolute atomic E-state index is 0.237. The predicted octanol–water partition coefficient (Wildman–Crippen LogP) is 2.34. The molecule has 2 aliphatic rings. The summed E-state index contributed by atoms with van der Waals surface area (Å²) >= 11 is 0. The Hall–Kier alpha value is -4.40. The smallest absolute Gasteiger partial charge is 0.477 e. The molecule has 3 N–H and O–H groups in total. The average Bonchev–Trinajstić information content (AvgIpc) is 3.34. The number of hydrogen-bond donors (Lipinski definition) is 3. The van der Waals surface area contributed by atoms with Gasteiger partial charge < -0.3 is 44.4 Å². The van der Waals surface area contributed by atoms with E-state index in [4.69, 9.17) is 34.0 Å². The van der Waals surface area contributed by atoms with Crippen LogP contribution < -0.4 is 16.0 Å². The highest BCUT2D eigenvalue weighted by molar-refractivity contribution is 5.86. The van der Waals surface area contributed by atoms with E-state index in [1.165, 1.54) is 13.0 Å². The lowest BCUT2D eigenvalue weighted by Crippen LogP contribution is -2.60. The zero-order valence-electron chi connectivity index (χ0n) is 24.2. The molecule has 42 heavy (non-hydrogen) atoms. The third-order valence-corrected chi connectivity index (χ3v) is 5.84. The molecule has 2 heterocycles. The van der Waals surface area contributed by atoms with E-state index in [9.17, 15) is 24.0 Å². The molecule has 0 aromatic heterocycles. The van der Waals surface area contributed by atoms with Gasteiger partial charge in [-0.25, -0.2) is 19.2 Å². The van der Waals surface area contributed by atoms with E-state index >= 15 is 0 Å². The van der Waals surface area contributed by atoms with Gasteiger partial charge in [-0.1, -0.05) is 18.0 Å². The number of alkyl carbamates (subject to hydrolysis) is 2. The number of ether oxygens (including phenoxy) is 6. The highest BCUT2D eigenvalue weighted by Crippen LogP contribution is 2.29. The van der Waals surface area contributed by atoms with Crippen LogP contribution in [0.4, 0.5) is 14.4 Å². The first kappa shape index (κ1) is 33.8. The quantitative estimate of drug-likeness (QED) is 0.0696. The highest BCUT2D eigenvalue weighted by atomic mass is 16.8. The fraction of sp³-hybridized carbons (Fsp3) is 0.720. The van der Waals surface area contributed by atoms with Crippen molar-refractivity contribution in [3.63, 3.8) is 0 Å². The summed E-state index contributed by atoms with van der Waals surface area (Å²) in [6.07, 6.45) is -2.34. The fourth-order valence-electron chi connectivity index (χ4n) is 4.09. The lowest BCUT2D eigenvalue weighted by atomic mass is 9.92. The molecule has 2 rings (SSSR count). The summed E-state index contributed by atoms with van der Waals surface area (Å²) in [6, 6.07) is -2.28. The zero-order valence-corrected chi connectivity index (χ0v) is 24.2. The second-order valence-electron chi connectivity index (χ2n) is 10.4. The van der Waals surface area contributed by atoms with E-state index in [-0.39, 0.29) is 18.9 Å². The van der Waals surface area contributed by atoms with Crippen molar-refractivity contribution in [2.24, 2.45) is 5.11 Å². The molecule has 17 nitrogen and oxygen atoms in total. The van der Waals surface area contributed by atoms with Crippen LogP contribution in [0.3, 0.4) is 0 Å². The Morgan fingerprint density at radius 2 is 1.74 bits per heavy atom. The molecule has 17 heteroatoms. The van der Waals surface area contributed by atoms with Crippen molar-refractivity contribution in [1.29, 1.82) is 0 Å². The first-order valence-electron chi connectivity index (χ1n) is 13.4. The van der Waals surface area contributed by atoms with E-state index in [0.717, 1.165) is 20.0 Å². The summed E-state index contributed by atoms with van der Waals surface area (Å²) < 4.78 is 31.2. The summed E-state index contributed by atoms with van der Waals surface area (Å²) in [5, 5.41) is 11.5. The Morgan fingerprint density at radius 1 is 1.10 bits per heavy atom. The van der Waals surface area contributed by atoms with E-state index in [2.05, 4.69) is 26.0 Å². The van der Waals surface area contributed by atoms with E-state index in [1.807, 2.05) is 0 Å². The Morgan fingerprint density at radius 3 is 2.26 bits per heavy atom. The number of esters is 1. The van der Waals surface area contributed by atoms with Crippen LogP contribution in [0.5, 0.6) is 0 Å². The maximum atomic E-state index is 12.8. The number of cyclic esters (lactones) is 2.